The molecular weight excluding hydrogens is 336 g/mol. The monoisotopic (exact) mass is 364 g/mol. The number of anilines is 1. The van der Waals surface area contributed by atoms with Crippen molar-refractivity contribution in [2.45, 2.75) is 69.0 Å². The van der Waals surface area contributed by atoms with E-state index in [1.165, 1.54) is 19.3 Å². The SMILES string of the molecule is CC(C)S(=O)(=O)Cc1cccc(NC(=O)C2CC3CCCCC3N2)c1. The van der Waals surface area contributed by atoms with Gasteiger partial charge in [-0.2, -0.15) is 0 Å². The maximum absolute atomic E-state index is 12.6. The van der Waals surface area contributed by atoms with Crippen LogP contribution in [0.4, 0.5) is 5.69 Å². The van der Waals surface area contributed by atoms with E-state index in [4.69, 9.17) is 0 Å². The summed E-state index contributed by atoms with van der Waals surface area (Å²) < 4.78 is 24.2. The number of sulfone groups is 1. The zero-order valence-corrected chi connectivity index (χ0v) is 15.8. The molecule has 0 radical (unpaired) electrons. The number of benzene rings is 1. The van der Waals surface area contributed by atoms with Crippen LogP contribution in [0.5, 0.6) is 0 Å². The van der Waals surface area contributed by atoms with Crippen LogP contribution in [0.15, 0.2) is 24.3 Å². The van der Waals surface area contributed by atoms with Gasteiger partial charge in [0.25, 0.3) is 0 Å². The molecule has 0 bridgehead atoms. The summed E-state index contributed by atoms with van der Waals surface area (Å²) in [7, 11) is -3.15. The molecule has 0 spiro atoms. The second-order valence-electron chi connectivity index (χ2n) is 7.65. The summed E-state index contributed by atoms with van der Waals surface area (Å²) in [6.07, 6.45) is 5.79. The minimum absolute atomic E-state index is 0.000202. The van der Waals surface area contributed by atoms with Gasteiger partial charge >= 0.3 is 0 Å². The molecule has 1 aromatic rings. The lowest BCUT2D eigenvalue weighted by Crippen LogP contribution is -2.39. The number of amides is 1. The lowest BCUT2D eigenvalue weighted by molar-refractivity contribution is -0.117. The predicted octanol–water partition coefficient (Wildman–Crippen LogP) is 2.87. The summed E-state index contributed by atoms with van der Waals surface area (Å²) >= 11 is 0. The molecule has 25 heavy (non-hydrogen) atoms. The van der Waals surface area contributed by atoms with Crippen LogP contribution in [0.25, 0.3) is 0 Å². The normalized spacial score (nSPS) is 26.4. The molecular formula is C19H28N2O3S. The zero-order chi connectivity index (χ0) is 18.0. The summed E-state index contributed by atoms with van der Waals surface area (Å²) in [5.41, 5.74) is 1.37. The molecule has 138 valence electrons. The van der Waals surface area contributed by atoms with E-state index in [2.05, 4.69) is 10.6 Å². The average molecular weight is 365 g/mol. The third kappa shape index (κ3) is 4.42. The fraction of sp³-hybridized carbons (Fsp3) is 0.632. The Morgan fingerprint density at radius 2 is 2.04 bits per heavy atom. The summed E-state index contributed by atoms with van der Waals surface area (Å²) in [6, 6.07) is 7.49. The van der Waals surface area contributed by atoms with Gasteiger partial charge in [0, 0.05) is 11.7 Å². The molecule has 2 fully saturated rings. The van der Waals surface area contributed by atoms with Gasteiger partial charge in [0.15, 0.2) is 9.84 Å². The highest BCUT2D eigenvalue weighted by Crippen LogP contribution is 2.33. The van der Waals surface area contributed by atoms with E-state index in [-0.39, 0.29) is 17.7 Å². The number of nitrogens with one attached hydrogen (secondary N) is 2. The first-order chi connectivity index (χ1) is 11.8. The van der Waals surface area contributed by atoms with Gasteiger partial charge in [-0.1, -0.05) is 25.0 Å². The van der Waals surface area contributed by atoms with Crippen molar-refractivity contribution in [3.05, 3.63) is 29.8 Å². The van der Waals surface area contributed by atoms with Crippen LogP contribution in [0.2, 0.25) is 0 Å². The Kier molecular flexibility index (Phi) is 5.49. The van der Waals surface area contributed by atoms with Crippen molar-refractivity contribution in [3.8, 4) is 0 Å². The lowest BCUT2D eigenvalue weighted by Gasteiger charge is -2.24. The van der Waals surface area contributed by atoms with Crippen molar-refractivity contribution in [2.24, 2.45) is 5.92 Å². The van der Waals surface area contributed by atoms with Gasteiger partial charge in [-0.3, -0.25) is 4.79 Å². The average Bonchev–Trinajstić information content (AvgIpc) is 2.99. The van der Waals surface area contributed by atoms with Crippen LogP contribution in [0, 0.1) is 5.92 Å². The smallest absolute Gasteiger partial charge is 0.241 e. The predicted molar refractivity (Wildman–Crippen MR) is 100 cm³/mol. The molecule has 1 amide bonds. The Morgan fingerprint density at radius 3 is 2.76 bits per heavy atom. The molecule has 6 heteroatoms. The minimum Gasteiger partial charge on any atom is -0.325 e. The Hall–Kier alpha value is -1.40. The third-order valence-corrected chi connectivity index (χ3v) is 7.63. The summed E-state index contributed by atoms with van der Waals surface area (Å²) in [5, 5.41) is 6.02. The van der Waals surface area contributed by atoms with Crippen molar-refractivity contribution in [1.82, 2.24) is 5.32 Å². The topological polar surface area (TPSA) is 75.3 Å². The van der Waals surface area contributed by atoms with Crippen molar-refractivity contribution in [2.75, 3.05) is 5.32 Å². The fourth-order valence-electron chi connectivity index (χ4n) is 3.89. The van der Waals surface area contributed by atoms with E-state index in [1.807, 2.05) is 6.07 Å². The summed E-state index contributed by atoms with van der Waals surface area (Å²) in [4.78, 5) is 12.6. The Balaban J connectivity index is 1.63. The van der Waals surface area contributed by atoms with Crippen LogP contribution in [-0.4, -0.2) is 31.7 Å². The van der Waals surface area contributed by atoms with Gasteiger partial charge in [0.2, 0.25) is 5.91 Å². The number of carbonyl (C=O) groups excluding carboxylic acids is 1. The molecule has 3 rings (SSSR count). The first-order valence-electron chi connectivity index (χ1n) is 9.22. The van der Waals surface area contributed by atoms with Crippen LogP contribution >= 0.6 is 0 Å². The van der Waals surface area contributed by atoms with Gasteiger partial charge in [0.05, 0.1) is 17.0 Å². The van der Waals surface area contributed by atoms with Crippen molar-refractivity contribution in [3.63, 3.8) is 0 Å². The Bertz CT molecular complexity index is 716. The molecule has 5 nitrogen and oxygen atoms in total. The minimum atomic E-state index is -3.15. The third-order valence-electron chi connectivity index (χ3n) is 5.46. The number of hydrogen-bond acceptors (Lipinski definition) is 4. The van der Waals surface area contributed by atoms with E-state index < -0.39 is 15.1 Å². The molecule has 3 atom stereocenters. The molecule has 1 aliphatic carbocycles. The number of rotatable bonds is 5. The molecule has 2 N–H and O–H groups in total. The second kappa shape index (κ2) is 7.46. The first-order valence-corrected chi connectivity index (χ1v) is 10.9. The molecule has 1 saturated carbocycles. The number of hydrogen-bond donors (Lipinski definition) is 2. The second-order valence-corrected chi connectivity index (χ2v) is 10.2. The van der Waals surface area contributed by atoms with E-state index in [0.29, 0.717) is 23.2 Å². The van der Waals surface area contributed by atoms with E-state index >= 15 is 0 Å². The molecule has 0 aromatic heterocycles. The van der Waals surface area contributed by atoms with Crippen LogP contribution in [-0.2, 0) is 20.4 Å². The van der Waals surface area contributed by atoms with E-state index in [0.717, 1.165) is 12.8 Å². The van der Waals surface area contributed by atoms with Crippen LogP contribution < -0.4 is 10.6 Å². The van der Waals surface area contributed by atoms with Gasteiger partial charge in [-0.05, 0) is 56.7 Å². The van der Waals surface area contributed by atoms with Crippen molar-refractivity contribution in [1.29, 1.82) is 0 Å². The van der Waals surface area contributed by atoms with E-state index in [9.17, 15) is 13.2 Å². The maximum atomic E-state index is 12.6. The van der Waals surface area contributed by atoms with Crippen LogP contribution in [0.1, 0.15) is 51.5 Å². The zero-order valence-electron chi connectivity index (χ0n) is 15.0. The van der Waals surface area contributed by atoms with E-state index in [1.54, 1.807) is 32.0 Å². The van der Waals surface area contributed by atoms with Gasteiger partial charge in [-0.25, -0.2) is 8.42 Å². The highest BCUT2D eigenvalue weighted by molar-refractivity contribution is 7.91. The molecule has 1 saturated heterocycles. The van der Waals surface area contributed by atoms with Crippen molar-refractivity contribution >= 4 is 21.4 Å². The molecule has 1 heterocycles. The van der Waals surface area contributed by atoms with Gasteiger partial charge in [-0.15, -0.1) is 0 Å². The van der Waals surface area contributed by atoms with Gasteiger partial charge < -0.3 is 10.6 Å². The maximum Gasteiger partial charge on any atom is 0.241 e. The molecule has 3 unspecified atom stereocenters. The summed E-state index contributed by atoms with van der Waals surface area (Å²) in [5.74, 6) is 0.602. The van der Waals surface area contributed by atoms with Crippen LogP contribution in [0.3, 0.4) is 0 Å². The number of fused-ring (bicyclic) bond motifs is 1. The standard InChI is InChI=1S/C19H28N2O3S/c1-13(2)25(23,24)12-14-6-5-8-16(10-14)20-19(22)18-11-15-7-3-4-9-17(15)21-18/h5-6,8,10,13,15,17-18,21H,3-4,7,9,11-12H2,1-2H3,(H,20,22). The Morgan fingerprint density at radius 1 is 1.28 bits per heavy atom. The Labute approximate surface area is 150 Å². The summed E-state index contributed by atoms with van der Waals surface area (Å²) in [6.45, 7) is 3.37. The lowest BCUT2D eigenvalue weighted by atomic mass is 9.85. The number of carbonyl (C=O) groups is 1. The largest absolute Gasteiger partial charge is 0.325 e. The molecule has 1 aliphatic heterocycles. The quantitative estimate of drug-likeness (QED) is 0.842. The van der Waals surface area contributed by atoms with Crippen molar-refractivity contribution < 1.29 is 13.2 Å². The molecule has 2 aliphatic rings. The van der Waals surface area contributed by atoms with Gasteiger partial charge in [0.1, 0.15) is 0 Å². The molecule has 1 aromatic carbocycles. The highest BCUT2D eigenvalue weighted by atomic mass is 32.2. The fourth-order valence-corrected chi connectivity index (χ4v) is 4.87. The first kappa shape index (κ1) is 18.4. The highest BCUT2D eigenvalue weighted by Gasteiger charge is 2.38.